The van der Waals surface area contributed by atoms with E-state index in [2.05, 4.69) is 5.32 Å². The van der Waals surface area contributed by atoms with Gasteiger partial charge in [0.2, 0.25) is 0 Å². The van der Waals surface area contributed by atoms with E-state index >= 15 is 0 Å². The number of halogens is 1. The molecule has 0 spiro atoms. The Morgan fingerprint density at radius 2 is 2.06 bits per heavy atom. The summed E-state index contributed by atoms with van der Waals surface area (Å²) in [5.74, 6) is 0.920. The first-order chi connectivity index (χ1) is 8.84. The maximum absolute atomic E-state index is 13.0. The molecule has 1 N–H and O–H groups in total. The van der Waals surface area contributed by atoms with Crippen molar-refractivity contribution < 1.29 is 4.39 Å². The van der Waals surface area contributed by atoms with Crippen LogP contribution in [0.5, 0.6) is 0 Å². The van der Waals surface area contributed by atoms with Crippen molar-refractivity contribution in [1.29, 1.82) is 0 Å². The molecule has 18 heavy (non-hydrogen) atoms. The average molecular weight is 267 g/mol. The molecule has 0 saturated heterocycles. The van der Waals surface area contributed by atoms with Crippen molar-refractivity contribution in [2.24, 2.45) is 0 Å². The number of benzene rings is 1. The minimum absolute atomic E-state index is 0.139. The normalized spacial score (nSPS) is 16.9. The minimum Gasteiger partial charge on any atom is -0.314 e. The van der Waals surface area contributed by atoms with Gasteiger partial charge in [0.05, 0.1) is 0 Å². The van der Waals surface area contributed by atoms with E-state index in [1.807, 2.05) is 6.07 Å². The van der Waals surface area contributed by atoms with Gasteiger partial charge >= 0.3 is 0 Å². The van der Waals surface area contributed by atoms with Crippen LogP contribution in [0.1, 0.15) is 38.5 Å². The van der Waals surface area contributed by atoms with E-state index in [1.165, 1.54) is 38.2 Å². The van der Waals surface area contributed by atoms with E-state index in [1.54, 1.807) is 23.9 Å². The predicted octanol–water partition coefficient (Wildman–Crippen LogP) is 4.23. The van der Waals surface area contributed by atoms with Gasteiger partial charge in [-0.2, -0.15) is 0 Å². The van der Waals surface area contributed by atoms with Crippen molar-refractivity contribution >= 4 is 11.8 Å². The number of rotatable bonds is 6. The van der Waals surface area contributed by atoms with Gasteiger partial charge in [0.1, 0.15) is 5.82 Å². The fourth-order valence-corrected chi connectivity index (χ4v) is 3.33. The van der Waals surface area contributed by atoms with Gasteiger partial charge in [-0.1, -0.05) is 25.3 Å². The molecule has 1 aromatic carbocycles. The molecule has 0 unspecified atom stereocenters. The molecule has 0 heterocycles. The molecule has 0 aliphatic heterocycles. The summed E-state index contributed by atoms with van der Waals surface area (Å²) in [5.41, 5.74) is 0. The van der Waals surface area contributed by atoms with Crippen LogP contribution in [0.15, 0.2) is 29.2 Å². The summed E-state index contributed by atoms with van der Waals surface area (Å²) < 4.78 is 13.0. The maximum Gasteiger partial charge on any atom is 0.124 e. The SMILES string of the molecule is Fc1cccc(SCCCNC2CCCCC2)c1. The smallest absolute Gasteiger partial charge is 0.124 e. The summed E-state index contributed by atoms with van der Waals surface area (Å²) in [7, 11) is 0. The van der Waals surface area contributed by atoms with Crippen LogP contribution in [0.2, 0.25) is 0 Å². The molecule has 0 bridgehead atoms. The quantitative estimate of drug-likeness (QED) is 0.611. The van der Waals surface area contributed by atoms with E-state index in [4.69, 9.17) is 0 Å². The standard InChI is InChI=1S/C15H22FNS/c16-13-6-4-9-15(12-13)18-11-5-10-17-14-7-2-1-3-8-14/h4,6,9,12,14,17H,1-3,5,7-8,10-11H2. The van der Waals surface area contributed by atoms with E-state index in [-0.39, 0.29) is 5.82 Å². The number of nitrogens with one attached hydrogen (secondary N) is 1. The lowest BCUT2D eigenvalue weighted by molar-refractivity contribution is 0.375. The van der Waals surface area contributed by atoms with Crippen LogP contribution < -0.4 is 5.32 Å². The van der Waals surface area contributed by atoms with Crippen LogP contribution in [0.25, 0.3) is 0 Å². The van der Waals surface area contributed by atoms with Crippen LogP contribution >= 0.6 is 11.8 Å². The first-order valence-electron chi connectivity index (χ1n) is 6.96. The van der Waals surface area contributed by atoms with Crippen molar-refractivity contribution in [3.63, 3.8) is 0 Å². The molecule has 1 nitrogen and oxygen atoms in total. The molecule has 0 aromatic heterocycles. The summed E-state index contributed by atoms with van der Waals surface area (Å²) in [4.78, 5) is 1.03. The largest absolute Gasteiger partial charge is 0.314 e. The lowest BCUT2D eigenvalue weighted by Gasteiger charge is -2.22. The molecule has 100 valence electrons. The van der Waals surface area contributed by atoms with Gasteiger partial charge in [0.25, 0.3) is 0 Å². The first kappa shape index (κ1) is 13.9. The highest BCUT2D eigenvalue weighted by Crippen LogP contribution is 2.20. The van der Waals surface area contributed by atoms with Crippen LogP contribution in [-0.2, 0) is 0 Å². The lowest BCUT2D eigenvalue weighted by atomic mass is 9.95. The second-order valence-electron chi connectivity index (χ2n) is 4.95. The van der Waals surface area contributed by atoms with E-state index in [0.717, 1.165) is 29.7 Å². The van der Waals surface area contributed by atoms with Crippen molar-refractivity contribution in [2.45, 2.75) is 49.5 Å². The van der Waals surface area contributed by atoms with Gasteiger partial charge < -0.3 is 5.32 Å². The summed E-state index contributed by atoms with van der Waals surface area (Å²) in [6.45, 7) is 1.09. The van der Waals surface area contributed by atoms with E-state index in [0.29, 0.717) is 0 Å². The van der Waals surface area contributed by atoms with Crippen LogP contribution in [0.4, 0.5) is 4.39 Å². The summed E-state index contributed by atoms with van der Waals surface area (Å²) in [6, 6.07) is 7.60. The van der Waals surface area contributed by atoms with E-state index < -0.39 is 0 Å². The monoisotopic (exact) mass is 267 g/mol. The fraction of sp³-hybridized carbons (Fsp3) is 0.600. The number of hydrogen-bond donors (Lipinski definition) is 1. The highest BCUT2D eigenvalue weighted by atomic mass is 32.2. The molecule has 1 saturated carbocycles. The predicted molar refractivity (Wildman–Crippen MR) is 76.6 cm³/mol. The Morgan fingerprint density at radius 3 is 2.83 bits per heavy atom. The fourth-order valence-electron chi connectivity index (χ4n) is 2.43. The third kappa shape index (κ3) is 4.99. The number of thioether (sulfide) groups is 1. The van der Waals surface area contributed by atoms with E-state index in [9.17, 15) is 4.39 Å². The first-order valence-corrected chi connectivity index (χ1v) is 7.95. The topological polar surface area (TPSA) is 12.0 Å². The van der Waals surface area contributed by atoms with Gasteiger partial charge in [-0.3, -0.25) is 0 Å². The molecule has 1 aliphatic carbocycles. The van der Waals surface area contributed by atoms with Crippen LogP contribution in [0.3, 0.4) is 0 Å². The highest BCUT2D eigenvalue weighted by Gasteiger charge is 2.11. The molecule has 1 aromatic rings. The zero-order valence-electron chi connectivity index (χ0n) is 10.8. The molecular weight excluding hydrogens is 245 g/mol. The lowest BCUT2D eigenvalue weighted by Crippen LogP contribution is -2.31. The van der Waals surface area contributed by atoms with Crippen molar-refractivity contribution in [3.8, 4) is 0 Å². The Balaban J connectivity index is 1.55. The van der Waals surface area contributed by atoms with Crippen LogP contribution in [-0.4, -0.2) is 18.3 Å². The van der Waals surface area contributed by atoms with Gasteiger partial charge in [-0.05, 0) is 49.8 Å². The molecule has 2 rings (SSSR count). The zero-order chi connectivity index (χ0) is 12.6. The van der Waals surface area contributed by atoms with Crippen molar-refractivity contribution in [1.82, 2.24) is 5.32 Å². The second-order valence-corrected chi connectivity index (χ2v) is 6.12. The Kier molecular flexibility index (Phi) is 6.01. The molecule has 0 atom stereocenters. The molecule has 0 radical (unpaired) electrons. The highest BCUT2D eigenvalue weighted by molar-refractivity contribution is 7.99. The second kappa shape index (κ2) is 7.80. The molecule has 3 heteroatoms. The Bertz CT molecular complexity index is 350. The third-order valence-electron chi connectivity index (χ3n) is 3.42. The summed E-state index contributed by atoms with van der Waals surface area (Å²) >= 11 is 1.74. The van der Waals surface area contributed by atoms with Crippen molar-refractivity contribution in [3.05, 3.63) is 30.1 Å². The Hall–Kier alpha value is -0.540. The third-order valence-corrected chi connectivity index (χ3v) is 4.50. The van der Waals surface area contributed by atoms with Gasteiger partial charge in [0, 0.05) is 10.9 Å². The molecule has 1 aliphatic rings. The summed E-state index contributed by atoms with van der Waals surface area (Å²) in [5, 5.41) is 3.63. The summed E-state index contributed by atoms with van der Waals surface area (Å²) in [6.07, 6.45) is 8.02. The zero-order valence-corrected chi connectivity index (χ0v) is 11.6. The Morgan fingerprint density at radius 1 is 1.22 bits per heavy atom. The molecular formula is C15H22FNS. The molecule has 0 amide bonds. The average Bonchev–Trinajstić information content (AvgIpc) is 2.40. The Labute approximate surface area is 114 Å². The minimum atomic E-state index is -0.139. The number of hydrogen-bond acceptors (Lipinski definition) is 2. The van der Waals surface area contributed by atoms with Crippen molar-refractivity contribution in [2.75, 3.05) is 12.3 Å². The van der Waals surface area contributed by atoms with Gasteiger partial charge in [-0.25, -0.2) is 4.39 Å². The molecule has 1 fully saturated rings. The maximum atomic E-state index is 13.0. The van der Waals surface area contributed by atoms with Gasteiger partial charge in [-0.15, -0.1) is 11.8 Å². The van der Waals surface area contributed by atoms with Gasteiger partial charge in [0.15, 0.2) is 0 Å². The van der Waals surface area contributed by atoms with Crippen LogP contribution in [0, 0.1) is 5.82 Å².